The number of amides is 2. The largest absolute Gasteiger partial charge is 0.381 e. The minimum atomic E-state index is -0.321. The Hall–Kier alpha value is -5.13. The second-order valence-corrected chi connectivity index (χ2v) is 14.3. The van der Waals surface area contributed by atoms with Crippen molar-refractivity contribution in [2.45, 2.75) is 84.6 Å². The molecule has 0 atom stereocenters. The van der Waals surface area contributed by atoms with Crippen molar-refractivity contribution in [2.75, 3.05) is 31.6 Å². The van der Waals surface area contributed by atoms with E-state index < -0.39 is 0 Å². The Morgan fingerprint density at radius 3 is 2.35 bits per heavy atom. The van der Waals surface area contributed by atoms with Gasteiger partial charge < -0.3 is 20.7 Å². The van der Waals surface area contributed by atoms with E-state index in [-0.39, 0.29) is 36.8 Å². The Balaban J connectivity index is 1.02. The van der Waals surface area contributed by atoms with Crippen molar-refractivity contribution in [3.05, 3.63) is 112 Å². The number of nitrogens with zero attached hydrogens (tertiary/aromatic N) is 4. The van der Waals surface area contributed by atoms with E-state index in [1.807, 2.05) is 29.9 Å². The summed E-state index contributed by atoms with van der Waals surface area (Å²) in [5, 5.41) is 15.3. The van der Waals surface area contributed by atoms with E-state index in [1.54, 1.807) is 36.4 Å². The molecule has 2 aromatic heterocycles. The number of carbonyl (C=O) groups excluding carboxylic acids is 2. The third-order valence-corrected chi connectivity index (χ3v) is 10.6. The third kappa shape index (κ3) is 8.63. The third-order valence-electron chi connectivity index (χ3n) is 10.6. The number of fused-ring (bicyclic) bond motifs is 1. The van der Waals surface area contributed by atoms with Gasteiger partial charge >= 0.3 is 0 Å². The van der Waals surface area contributed by atoms with Crippen molar-refractivity contribution in [1.29, 1.82) is 0 Å². The Labute approximate surface area is 316 Å². The first kappa shape index (κ1) is 37.2. The Morgan fingerprint density at radius 2 is 1.61 bits per heavy atom. The van der Waals surface area contributed by atoms with E-state index in [0.717, 1.165) is 77.1 Å². The van der Waals surface area contributed by atoms with E-state index in [2.05, 4.69) is 45.0 Å². The predicted molar refractivity (Wildman–Crippen MR) is 210 cm³/mol. The van der Waals surface area contributed by atoms with Crippen molar-refractivity contribution >= 4 is 28.5 Å². The van der Waals surface area contributed by atoms with Gasteiger partial charge in [-0.15, -0.1) is 0 Å². The SMILES string of the molecule is CCc1nc2c(cnn2CC)c(NC2CCOCC2)c1CNC(=O)c1cccc(C(=O)NCc2ccc(F)c(-c3cccc(CN4CCCCC4)c3)c2)c1. The standard InChI is InChI=1S/C43H50FN7O3/c1-3-39-36(40(48-34-16-20-54-21-17-34)37-27-47-51(4-2)41(37)49-39)26-46-43(53)33-13-9-12-32(24-33)42(52)45-25-29-14-15-38(44)35(23-29)31-11-8-10-30(22-31)28-50-18-6-5-7-19-50/h8-15,22-24,27,34H,3-7,16-21,25-26,28H2,1-2H3,(H,45,52)(H,46,53)(H,48,49). The first-order valence-corrected chi connectivity index (χ1v) is 19.4. The molecule has 0 saturated carbocycles. The highest BCUT2D eigenvalue weighted by atomic mass is 19.1. The van der Waals surface area contributed by atoms with Gasteiger partial charge in [0.15, 0.2) is 5.65 Å². The van der Waals surface area contributed by atoms with Crippen LogP contribution in [0.3, 0.4) is 0 Å². The summed E-state index contributed by atoms with van der Waals surface area (Å²) < 4.78 is 22.6. The van der Waals surface area contributed by atoms with Gasteiger partial charge in [0.25, 0.3) is 11.8 Å². The van der Waals surface area contributed by atoms with Gasteiger partial charge in [0, 0.05) is 73.4 Å². The van der Waals surface area contributed by atoms with Gasteiger partial charge in [-0.25, -0.2) is 14.1 Å². The number of anilines is 1. The molecule has 2 aliphatic rings. The molecule has 5 aromatic rings. The van der Waals surface area contributed by atoms with Crippen LogP contribution in [0, 0.1) is 5.82 Å². The number of nitrogens with one attached hydrogen (secondary N) is 3. The summed E-state index contributed by atoms with van der Waals surface area (Å²) in [4.78, 5) is 34.3. The number of piperidine rings is 1. The lowest BCUT2D eigenvalue weighted by Crippen LogP contribution is -2.30. The maximum Gasteiger partial charge on any atom is 0.251 e. The van der Waals surface area contributed by atoms with Crippen LogP contribution in [-0.4, -0.2) is 63.8 Å². The van der Waals surface area contributed by atoms with Gasteiger partial charge in [-0.3, -0.25) is 14.5 Å². The molecule has 0 spiro atoms. The highest BCUT2D eigenvalue weighted by Gasteiger charge is 2.22. The van der Waals surface area contributed by atoms with Crippen LogP contribution in [0.4, 0.5) is 10.1 Å². The molecule has 2 aliphatic heterocycles. The molecule has 3 aromatic carbocycles. The molecular weight excluding hydrogens is 682 g/mol. The van der Waals surface area contributed by atoms with Crippen LogP contribution in [0.5, 0.6) is 0 Å². The number of ether oxygens (including phenoxy) is 1. The average molecular weight is 732 g/mol. The zero-order chi connectivity index (χ0) is 37.4. The van der Waals surface area contributed by atoms with Crippen molar-refractivity contribution in [3.8, 4) is 11.1 Å². The molecule has 0 radical (unpaired) electrons. The summed E-state index contributed by atoms with van der Waals surface area (Å²) in [6.45, 7) is 9.74. The summed E-state index contributed by atoms with van der Waals surface area (Å²) >= 11 is 0. The number of carbonyl (C=O) groups is 2. The van der Waals surface area contributed by atoms with Gasteiger partial charge in [0.1, 0.15) is 5.82 Å². The van der Waals surface area contributed by atoms with Crippen LogP contribution in [0.1, 0.15) is 89.1 Å². The summed E-state index contributed by atoms with van der Waals surface area (Å²) in [6, 6.07) is 19.9. The lowest BCUT2D eigenvalue weighted by atomic mass is 9.99. The number of hydrogen-bond acceptors (Lipinski definition) is 7. The highest BCUT2D eigenvalue weighted by Crippen LogP contribution is 2.31. The lowest BCUT2D eigenvalue weighted by molar-refractivity contribution is 0.0904. The van der Waals surface area contributed by atoms with Crippen molar-refractivity contribution < 1.29 is 18.7 Å². The van der Waals surface area contributed by atoms with Crippen LogP contribution in [0.25, 0.3) is 22.2 Å². The zero-order valence-electron chi connectivity index (χ0n) is 31.3. The molecular formula is C43H50FN7O3. The molecule has 11 heteroatoms. The Bertz CT molecular complexity index is 2100. The second kappa shape index (κ2) is 17.3. The maximum atomic E-state index is 15.1. The smallest absolute Gasteiger partial charge is 0.251 e. The van der Waals surface area contributed by atoms with E-state index in [0.29, 0.717) is 42.9 Å². The zero-order valence-corrected chi connectivity index (χ0v) is 31.3. The molecule has 54 heavy (non-hydrogen) atoms. The molecule has 2 saturated heterocycles. The number of aryl methyl sites for hydroxylation is 2. The minimum Gasteiger partial charge on any atom is -0.381 e. The molecule has 10 nitrogen and oxygen atoms in total. The fourth-order valence-electron chi connectivity index (χ4n) is 7.57. The van der Waals surface area contributed by atoms with Crippen molar-refractivity contribution in [3.63, 3.8) is 0 Å². The molecule has 2 fully saturated rings. The van der Waals surface area contributed by atoms with Gasteiger partial charge in [-0.05, 0) is 105 Å². The number of pyridine rings is 1. The first-order chi connectivity index (χ1) is 26.4. The van der Waals surface area contributed by atoms with Crippen LogP contribution < -0.4 is 16.0 Å². The summed E-state index contributed by atoms with van der Waals surface area (Å²) in [5.41, 5.74) is 7.61. The highest BCUT2D eigenvalue weighted by molar-refractivity contribution is 6.00. The quantitative estimate of drug-likeness (QED) is 0.117. The Kier molecular flexibility index (Phi) is 11.9. The van der Waals surface area contributed by atoms with Crippen LogP contribution in [-0.2, 0) is 37.3 Å². The molecule has 7 rings (SSSR count). The van der Waals surface area contributed by atoms with Crippen molar-refractivity contribution in [1.82, 2.24) is 30.3 Å². The molecule has 0 aliphatic carbocycles. The number of benzene rings is 3. The van der Waals surface area contributed by atoms with E-state index in [4.69, 9.17) is 9.72 Å². The number of aromatic nitrogens is 3. The van der Waals surface area contributed by atoms with Crippen LogP contribution >= 0.6 is 0 Å². The molecule has 3 N–H and O–H groups in total. The summed E-state index contributed by atoms with van der Waals surface area (Å²) in [7, 11) is 0. The van der Waals surface area contributed by atoms with E-state index >= 15 is 4.39 Å². The topological polar surface area (TPSA) is 113 Å². The fraction of sp³-hybridized carbons (Fsp3) is 0.395. The van der Waals surface area contributed by atoms with Gasteiger partial charge in [-0.2, -0.15) is 5.10 Å². The van der Waals surface area contributed by atoms with Crippen LogP contribution in [0.15, 0.2) is 72.9 Å². The molecule has 282 valence electrons. The maximum absolute atomic E-state index is 15.1. The van der Waals surface area contributed by atoms with Gasteiger partial charge in [0.2, 0.25) is 0 Å². The number of likely N-dealkylation sites (tertiary alicyclic amines) is 1. The summed E-state index contributed by atoms with van der Waals surface area (Å²) in [6.07, 6.45) is 8.04. The van der Waals surface area contributed by atoms with Gasteiger partial charge in [0.05, 0.1) is 17.3 Å². The number of rotatable bonds is 13. The minimum absolute atomic E-state index is 0.211. The first-order valence-electron chi connectivity index (χ1n) is 19.4. The van der Waals surface area contributed by atoms with Crippen LogP contribution in [0.2, 0.25) is 0 Å². The van der Waals surface area contributed by atoms with E-state index in [9.17, 15) is 9.59 Å². The molecule has 4 heterocycles. The second-order valence-electron chi connectivity index (χ2n) is 14.3. The van der Waals surface area contributed by atoms with Crippen molar-refractivity contribution in [2.24, 2.45) is 0 Å². The van der Waals surface area contributed by atoms with Gasteiger partial charge in [-0.1, -0.05) is 43.7 Å². The monoisotopic (exact) mass is 731 g/mol. The molecule has 0 bridgehead atoms. The predicted octanol–water partition coefficient (Wildman–Crippen LogP) is 7.26. The Morgan fingerprint density at radius 1 is 0.870 bits per heavy atom. The number of hydrogen-bond donors (Lipinski definition) is 3. The normalized spacial score (nSPS) is 15.3. The van der Waals surface area contributed by atoms with E-state index in [1.165, 1.54) is 25.3 Å². The average Bonchev–Trinajstić information content (AvgIpc) is 3.63. The summed E-state index contributed by atoms with van der Waals surface area (Å²) in [5.74, 6) is -0.917. The number of halogens is 1. The lowest BCUT2D eigenvalue weighted by Gasteiger charge is -2.26. The molecule has 0 unspecified atom stereocenters. The fourth-order valence-corrected chi connectivity index (χ4v) is 7.57. The molecule has 2 amide bonds.